The zero-order valence-electron chi connectivity index (χ0n) is 11.2. The molecule has 0 radical (unpaired) electrons. The summed E-state index contributed by atoms with van der Waals surface area (Å²) >= 11 is 0. The van der Waals surface area contributed by atoms with Crippen LogP contribution in [0, 0.1) is 24.1 Å². The summed E-state index contributed by atoms with van der Waals surface area (Å²) in [6.45, 7) is 1.85. The van der Waals surface area contributed by atoms with Gasteiger partial charge in [0.15, 0.2) is 11.6 Å². The molecule has 0 spiro atoms. The van der Waals surface area contributed by atoms with Gasteiger partial charge in [0.25, 0.3) is 0 Å². The van der Waals surface area contributed by atoms with Crippen molar-refractivity contribution in [3.05, 3.63) is 47.3 Å². The van der Waals surface area contributed by atoms with Crippen LogP contribution in [0.3, 0.4) is 0 Å². The summed E-state index contributed by atoms with van der Waals surface area (Å²) in [5, 5.41) is 12.2. The minimum Gasteiger partial charge on any atom is -0.494 e. The van der Waals surface area contributed by atoms with Gasteiger partial charge in [0.2, 0.25) is 0 Å². The molecule has 0 aliphatic carbocycles. The molecule has 0 unspecified atom stereocenters. The summed E-state index contributed by atoms with van der Waals surface area (Å²) < 4.78 is 18.4. The van der Waals surface area contributed by atoms with Gasteiger partial charge in [-0.3, -0.25) is 0 Å². The lowest BCUT2D eigenvalue weighted by Crippen LogP contribution is -2.01. The van der Waals surface area contributed by atoms with Crippen molar-refractivity contribution < 1.29 is 9.13 Å². The summed E-state index contributed by atoms with van der Waals surface area (Å²) in [6, 6.07) is 10.2. The van der Waals surface area contributed by atoms with Crippen LogP contribution in [0.2, 0.25) is 0 Å². The van der Waals surface area contributed by atoms with E-state index < -0.39 is 5.82 Å². The Balaban J connectivity index is 2.46. The average Bonchev–Trinajstić information content (AvgIpc) is 2.42. The highest BCUT2D eigenvalue weighted by atomic mass is 19.1. The minimum atomic E-state index is -0.528. The number of anilines is 3. The Labute approximate surface area is 116 Å². The molecule has 0 saturated heterocycles. The lowest BCUT2D eigenvalue weighted by Gasteiger charge is -2.13. The molecule has 0 heterocycles. The largest absolute Gasteiger partial charge is 0.494 e. The van der Waals surface area contributed by atoms with Crippen molar-refractivity contribution in [3.8, 4) is 11.8 Å². The van der Waals surface area contributed by atoms with E-state index in [1.807, 2.05) is 19.1 Å². The number of nitrogens with two attached hydrogens (primary N) is 1. The molecule has 2 aromatic carbocycles. The highest BCUT2D eigenvalue weighted by Gasteiger charge is 2.11. The zero-order valence-corrected chi connectivity index (χ0v) is 11.2. The molecule has 102 valence electrons. The minimum absolute atomic E-state index is 0.0906. The maximum absolute atomic E-state index is 13.5. The van der Waals surface area contributed by atoms with Crippen molar-refractivity contribution >= 4 is 17.1 Å². The smallest absolute Gasteiger partial charge is 0.167 e. The van der Waals surface area contributed by atoms with E-state index in [4.69, 9.17) is 10.5 Å². The third kappa shape index (κ3) is 2.50. The molecule has 0 amide bonds. The molecule has 3 N–H and O–H groups in total. The fraction of sp³-hybridized carbons (Fsp3) is 0.133. The molecule has 0 saturated carbocycles. The van der Waals surface area contributed by atoms with Gasteiger partial charge in [-0.15, -0.1) is 0 Å². The van der Waals surface area contributed by atoms with E-state index >= 15 is 0 Å². The van der Waals surface area contributed by atoms with Gasteiger partial charge in [0.05, 0.1) is 29.7 Å². The van der Waals surface area contributed by atoms with Crippen LogP contribution in [0.15, 0.2) is 30.3 Å². The number of nitrogen functional groups attached to an aromatic ring is 1. The predicted octanol–water partition coefficient (Wildman–Crippen LogP) is 3.34. The Kier molecular flexibility index (Phi) is 3.76. The lowest BCUT2D eigenvalue weighted by molar-refractivity contribution is 0.387. The number of halogens is 1. The molecule has 0 aliphatic rings. The molecule has 0 atom stereocenters. The third-order valence-electron chi connectivity index (χ3n) is 2.98. The van der Waals surface area contributed by atoms with Crippen molar-refractivity contribution in [3.63, 3.8) is 0 Å². The maximum atomic E-state index is 13.5. The van der Waals surface area contributed by atoms with Crippen molar-refractivity contribution in [2.45, 2.75) is 6.92 Å². The average molecular weight is 271 g/mol. The molecule has 0 aliphatic heterocycles. The van der Waals surface area contributed by atoms with Gasteiger partial charge in [-0.05, 0) is 18.6 Å². The maximum Gasteiger partial charge on any atom is 0.167 e. The van der Waals surface area contributed by atoms with Crippen LogP contribution in [0.1, 0.15) is 11.1 Å². The predicted molar refractivity (Wildman–Crippen MR) is 76.5 cm³/mol. The molecule has 0 fully saturated rings. The molecular weight excluding hydrogens is 257 g/mol. The molecule has 2 aromatic rings. The van der Waals surface area contributed by atoms with Crippen LogP contribution < -0.4 is 15.8 Å². The van der Waals surface area contributed by atoms with Gasteiger partial charge in [-0.25, -0.2) is 4.39 Å². The SMILES string of the molecule is COc1cc(Nc2cccc(C)c2C#N)c(N)cc1F. The number of nitrogens with zero attached hydrogens (tertiary/aromatic N) is 1. The first-order valence-corrected chi connectivity index (χ1v) is 5.96. The van der Waals surface area contributed by atoms with Crippen LogP contribution in [0.4, 0.5) is 21.5 Å². The second kappa shape index (κ2) is 5.49. The highest BCUT2D eigenvalue weighted by molar-refractivity contribution is 5.77. The van der Waals surface area contributed by atoms with E-state index in [9.17, 15) is 9.65 Å². The van der Waals surface area contributed by atoms with Crippen molar-refractivity contribution in [1.29, 1.82) is 5.26 Å². The standard InChI is InChI=1S/C15H14FN3O/c1-9-4-3-5-13(10(9)8-17)19-14-7-15(20-2)11(16)6-12(14)18/h3-7,19H,18H2,1-2H3. The first-order valence-electron chi connectivity index (χ1n) is 5.96. The van der Waals surface area contributed by atoms with Gasteiger partial charge < -0.3 is 15.8 Å². The Morgan fingerprint density at radius 1 is 1.30 bits per heavy atom. The number of ether oxygens (including phenoxy) is 1. The highest BCUT2D eigenvalue weighted by Crippen LogP contribution is 2.31. The van der Waals surface area contributed by atoms with Crippen molar-refractivity contribution in [2.75, 3.05) is 18.2 Å². The zero-order chi connectivity index (χ0) is 14.7. The summed E-state index contributed by atoms with van der Waals surface area (Å²) in [7, 11) is 1.38. The number of rotatable bonds is 3. The van der Waals surface area contributed by atoms with Crippen LogP contribution in [0.5, 0.6) is 5.75 Å². The molecule has 5 heteroatoms. The van der Waals surface area contributed by atoms with Crippen LogP contribution in [-0.4, -0.2) is 7.11 Å². The van der Waals surface area contributed by atoms with Crippen LogP contribution >= 0.6 is 0 Å². The molecule has 20 heavy (non-hydrogen) atoms. The lowest BCUT2D eigenvalue weighted by atomic mass is 10.1. The molecule has 0 aromatic heterocycles. The van der Waals surface area contributed by atoms with Crippen molar-refractivity contribution in [2.24, 2.45) is 0 Å². The fourth-order valence-electron chi connectivity index (χ4n) is 1.90. The molecule has 4 nitrogen and oxygen atoms in total. The first-order chi connectivity index (χ1) is 9.56. The summed E-state index contributed by atoms with van der Waals surface area (Å²) in [5.74, 6) is -0.437. The Morgan fingerprint density at radius 2 is 2.05 bits per heavy atom. The summed E-state index contributed by atoms with van der Waals surface area (Å²) in [5.41, 5.74) is 8.51. The van der Waals surface area contributed by atoms with E-state index in [0.29, 0.717) is 16.9 Å². The third-order valence-corrected chi connectivity index (χ3v) is 2.98. The number of aryl methyl sites for hydroxylation is 1. The monoisotopic (exact) mass is 271 g/mol. The number of hydrogen-bond acceptors (Lipinski definition) is 4. The molecule has 2 rings (SSSR count). The Morgan fingerprint density at radius 3 is 2.70 bits per heavy atom. The van der Waals surface area contributed by atoms with Crippen LogP contribution in [-0.2, 0) is 0 Å². The second-order valence-corrected chi connectivity index (χ2v) is 4.31. The first kappa shape index (κ1) is 13.7. The number of hydrogen-bond donors (Lipinski definition) is 2. The second-order valence-electron chi connectivity index (χ2n) is 4.31. The van der Waals surface area contributed by atoms with Gasteiger partial charge in [-0.1, -0.05) is 12.1 Å². The number of nitrogens with one attached hydrogen (secondary N) is 1. The van der Waals surface area contributed by atoms with Gasteiger partial charge in [0.1, 0.15) is 6.07 Å². The van der Waals surface area contributed by atoms with Gasteiger partial charge >= 0.3 is 0 Å². The van der Waals surface area contributed by atoms with Crippen LogP contribution in [0.25, 0.3) is 0 Å². The molecule has 0 bridgehead atoms. The normalized spacial score (nSPS) is 9.90. The van der Waals surface area contributed by atoms with E-state index in [1.165, 1.54) is 19.2 Å². The number of benzene rings is 2. The van der Waals surface area contributed by atoms with Gasteiger partial charge in [0, 0.05) is 12.1 Å². The van der Waals surface area contributed by atoms with E-state index in [0.717, 1.165) is 5.56 Å². The number of methoxy groups -OCH3 is 1. The van der Waals surface area contributed by atoms with Gasteiger partial charge in [-0.2, -0.15) is 5.26 Å². The quantitative estimate of drug-likeness (QED) is 0.840. The summed E-state index contributed by atoms with van der Waals surface area (Å²) in [4.78, 5) is 0. The van der Waals surface area contributed by atoms with E-state index in [2.05, 4.69) is 11.4 Å². The Bertz CT molecular complexity index is 692. The number of nitriles is 1. The van der Waals surface area contributed by atoms with E-state index in [-0.39, 0.29) is 11.4 Å². The summed E-state index contributed by atoms with van der Waals surface area (Å²) in [6.07, 6.45) is 0. The topological polar surface area (TPSA) is 71.1 Å². The fourth-order valence-corrected chi connectivity index (χ4v) is 1.90. The van der Waals surface area contributed by atoms with E-state index in [1.54, 1.807) is 6.07 Å². The van der Waals surface area contributed by atoms with Crippen molar-refractivity contribution in [1.82, 2.24) is 0 Å². The Hall–Kier alpha value is -2.74. The molecular formula is C15H14FN3O.